The van der Waals surface area contributed by atoms with E-state index in [-0.39, 0.29) is 42.1 Å². The first-order valence-electron chi connectivity index (χ1n) is 7.40. The molecule has 0 amide bonds. The number of methoxy groups -OCH3 is 1. The van der Waals surface area contributed by atoms with E-state index in [2.05, 4.69) is 25.7 Å². The summed E-state index contributed by atoms with van der Waals surface area (Å²) in [6.07, 6.45) is 19.3. The zero-order chi connectivity index (χ0) is 15.7. The van der Waals surface area contributed by atoms with Gasteiger partial charge in [-0.1, -0.05) is 44.2 Å². The van der Waals surface area contributed by atoms with Gasteiger partial charge in [-0.15, -0.1) is 12.1 Å². The maximum atomic E-state index is 7.37. The number of hydrogen-bond donors (Lipinski definition) is 0. The number of rotatable bonds is 8. The van der Waals surface area contributed by atoms with Crippen molar-refractivity contribution < 1.29 is 51.6 Å². The van der Waals surface area contributed by atoms with Crippen LogP contribution in [0.4, 0.5) is 0 Å². The van der Waals surface area contributed by atoms with Crippen molar-refractivity contribution >= 4 is 0 Å². The quantitative estimate of drug-likeness (QED) is 0.306. The molecule has 1 atom stereocenters. The van der Waals surface area contributed by atoms with Gasteiger partial charge in [-0.2, -0.15) is 0 Å². The second kappa shape index (κ2) is 13.7. The van der Waals surface area contributed by atoms with E-state index in [1.54, 1.807) is 12.1 Å². The van der Waals surface area contributed by atoms with Gasteiger partial charge < -0.3 is 22.3 Å². The Morgan fingerprint density at radius 3 is 2.09 bits per heavy atom. The van der Waals surface area contributed by atoms with Crippen molar-refractivity contribution in [3.05, 3.63) is 36.1 Å². The summed E-state index contributed by atoms with van der Waals surface area (Å²) in [5, 5.41) is 0. The molecule has 4 heteroatoms. The van der Waals surface area contributed by atoms with Crippen molar-refractivity contribution in [2.45, 2.75) is 39.5 Å². The topological polar surface area (TPSA) is 18.5 Å². The molecule has 0 radical (unpaired) electrons. The summed E-state index contributed by atoms with van der Waals surface area (Å²) in [5.74, 6) is 6.27. The molecule has 2 nitrogen and oxygen atoms in total. The van der Waals surface area contributed by atoms with Crippen molar-refractivity contribution in [3.63, 3.8) is 0 Å². The summed E-state index contributed by atoms with van der Waals surface area (Å²) in [6.45, 7) is 4.97. The van der Waals surface area contributed by atoms with Gasteiger partial charge in [-0.05, 0) is 12.3 Å². The maximum absolute atomic E-state index is 7.37. The van der Waals surface area contributed by atoms with E-state index in [0.29, 0.717) is 35.2 Å². The SMILES string of the molecule is [C-]#Cc1cc(OCC(CC)CCCC)c(C#[C-])cc1OC.[Pt].[Pt]. The Labute approximate surface area is 169 Å². The van der Waals surface area contributed by atoms with Crippen molar-refractivity contribution in [2.24, 2.45) is 5.92 Å². The average Bonchev–Trinajstić information content (AvgIpc) is 2.54. The normalized spacial score (nSPS) is 10.3. The molecule has 0 saturated heterocycles. The number of benzene rings is 1. The molecule has 0 heterocycles. The Balaban J connectivity index is 0. The van der Waals surface area contributed by atoms with Gasteiger partial charge in [-0.3, -0.25) is 11.8 Å². The molecule has 0 N–H and O–H groups in total. The third kappa shape index (κ3) is 7.62. The predicted molar refractivity (Wildman–Crippen MR) is 84.3 cm³/mol. The molecular formula is C19H22O2Pt2-2. The summed E-state index contributed by atoms with van der Waals surface area (Å²) in [7, 11) is 1.53. The van der Waals surface area contributed by atoms with Gasteiger partial charge in [0.2, 0.25) is 0 Å². The molecule has 1 unspecified atom stereocenters. The van der Waals surface area contributed by atoms with Gasteiger partial charge in [0.15, 0.2) is 0 Å². The molecule has 0 aromatic heterocycles. The summed E-state index contributed by atoms with van der Waals surface area (Å²) in [4.78, 5) is 0. The molecule has 1 rings (SSSR count). The Bertz CT molecular complexity index is 542. The molecular weight excluding hydrogens is 650 g/mol. The van der Waals surface area contributed by atoms with Crippen LogP contribution in [0, 0.1) is 30.6 Å². The van der Waals surface area contributed by atoms with E-state index in [0.717, 1.165) is 12.8 Å². The third-order valence-electron chi connectivity index (χ3n) is 3.59. The van der Waals surface area contributed by atoms with Crippen LogP contribution in [0.1, 0.15) is 50.7 Å². The van der Waals surface area contributed by atoms with Gasteiger partial charge in [0, 0.05) is 53.6 Å². The van der Waals surface area contributed by atoms with E-state index in [1.165, 1.54) is 20.0 Å². The minimum absolute atomic E-state index is 0. The van der Waals surface area contributed by atoms with Crippen LogP contribution in [0.3, 0.4) is 0 Å². The standard InChI is InChI=1S/C19H22O2.2Pt/c1-6-10-11-15(7-2)14-21-19-13-16(8-3)18(20-5)12-17(19)9-4;;/h12-13,15H,6-7,10-11,14H2,1-2,5H3;;/q-2;;. The van der Waals surface area contributed by atoms with Crippen LogP contribution in [-0.2, 0) is 42.1 Å². The molecule has 0 fully saturated rings. The molecule has 1 aromatic carbocycles. The van der Waals surface area contributed by atoms with Gasteiger partial charge in [0.05, 0.1) is 13.7 Å². The summed E-state index contributed by atoms with van der Waals surface area (Å²) in [6, 6.07) is 3.35. The molecule has 132 valence electrons. The largest absolute Gasteiger partial charge is 0.516 e. The average molecular weight is 673 g/mol. The van der Waals surface area contributed by atoms with E-state index < -0.39 is 0 Å². The smallest absolute Gasteiger partial charge is 0.0886 e. The van der Waals surface area contributed by atoms with Crippen molar-refractivity contribution in [1.82, 2.24) is 0 Å². The summed E-state index contributed by atoms with van der Waals surface area (Å²) >= 11 is 0. The van der Waals surface area contributed by atoms with E-state index >= 15 is 0 Å². The number of unbranched alkanes of at least 4 members (excludes halogenated alkanes) is 1. The Hall–Kier alpha value is -0.683. The second-order valence-electron chi connectivity index (χ2n) is 5.03. The predicted octanol–water partition coefficient (Wildman–Crippen LogP) is 4.16. The minimum Gasteiger partial charge on any atom is -0.516 e. The first kappa shape index (κ1) is 24.6. The van der Waals surface area contributed by atoms with Crippen LogP contribution in [0.25, 0.3) is 0 Å². The fourth-order valence-electron chi connectivity index (χ4n) is 2.15. The van der Waals surface area contributed by atoms with Crippen molar-refractivity contribution in [3.8, 4) is 23.3 Å². The fourth-order valence-corrected chi connectivity index (χ4v) is 2.15. The fraction of sp³-hybridized carbons (Fsp3) is 0.474. The van der Waals surface area contributed by atoms with Crippen LogP contribution in [0.5, 0.6) is 11.5 Å². The van der Waals surface area contributed by atoms with Crippen molar-refractivity contribution in [1.29, 1.82) is 0 Å². The molecule has 0 aliphatic carbocycles. The zero-order valence-corrected chi connectivity index (χ0v) is 18.3. The first-order chi connectivity index (χ1) is 10.2. The minimum atomic E-state index is 0. The van der Waals surface area contributed by atoms with Gasteiger partial charge >= 0.3 is 0 Å². The maximum Gasteiger partial charge on any atom is 0.0886 e. The first-order valence-corrected chi connectivity index (χ1v) is 7.40. The van der Waals surface area contributed by atoms with Gasteiger partial charge in [0.1, 0.15) is 0 Å². The van der Waals surface area contributed by atoms with E-state index in [4.69, 9.17) is 22.3 Å². The Morgan fingerprint density at radius 1 is 1.04 bits per heavy atom. The third-order valence-corrected chi connectivity index (χ3v) is 3.59. The summed E-state index contributed by atoms with van der Waals surface area (Å²) < 4.78 is 11.0. The van der Waals surface area contributed by atoms with Crippen molar-refractivity contribution in [2.75, 3.05) is 13.7 Å². The number of hydrogen-bond acceptors (Lipinski definition) is 2. The zero-order valence-electron chi connectivity index (χ0n) is 13.7. The molecule has 1 aromatic rings. The molecule has 0 aliphatic rings. The van der Waals surface area contributed by atoms with E-state index in [9.17, 15) is 0 Å². The monoisotopic (exact) mass is 672 g/mol. The van der Waals surface area contributed by atoms with Gasteiger partial charge in [0.25, 0.3) is 0 Å². The molecule has 0 saturated carbocycles. The molecule has 0 spiro atoms. The van der Waals surface area contributed by atoms with E-state index in [1.807, 2.05) is 0 Å². The second-order valence-corrected chi connectivity index (χ2v) is 5.03. The Kier molecular flexibility index (Phi) is 14.7. The van der Waals surface area contributed by atoms with Crippen LogP contribution >= 0.6 is 0 Å². The van der Waals surface area contributed by atoms with Crippen LogP contribution < -0.4 is 9.47 Å². The number of ether oxygens (including phenoxy) is 2. The van der Waals surface area contributed by atoms with Crippen LogP contribution in [-0.4, -0.2) is 13.7 Å². The van der Waals surface area contributed by atoms with Crippen LogP contribution in [0.2, 0.25) is 0 Å². The summed E-state index contributed by atoms with van der Waals surface area (Å²) in [5.41, 5.74) is 1.06. The van der Waals surface area contributed by atoms with Crippen LogP contribution in [0.15, 0.2) is 12.1 Å². The molecule has 0 bridgehead atoms. The molecule has 0 aliphatic heterocycles. The molecule has 23 heavy (non-hydrogen) atoms. The van der Waals surface area contributed by atoms with Gasteiger partial charge in [-0.25, -0.2) is 0 Å². The Morgan fingerprint density at radius 2 is 1.61 bits per heavy atom.